The summed E-state index contributed by atoms with van der Waals surface area (Å²) < 4.78 is 5.81. The van der Waals surface area contributed by atoms with E-state index in [9.17, 15) is 4.79 Å². The predicted molar refractivity (Wildman–Crippen MR) is 86.1 cm³/mol. The van der Waals surface area contributed by atoms with Crippen LogP contribution in [0.25, 0.3) is 6.08 Å². The first-order chi connectivity index (χ1) is 10.8. The monoisotopic (exact) mass is 294 g/mol. The lowest BCUT2D eigenvalue weighted by Crippen LogP contribution is -2.10. The van der Waals surface area contributed by atoms with Gasteiger partial charge in [0.25, 0.3) is 0 Å². The summed E-state index contributed by atoms with van der Waals surface area (Å²) in [6, 6.07) is 13.5. The molecule has 0 atom stereocenters. The van der Waals surface area contributed by atoms with E-state index in [2.05, 4.69) is 0 Å². The van der Waals surface area contributed by atoms with Gasteiger partial charge in [0, 0.05) is 12.0 Å². The quantitative estimate of drug-likeness (QED) is 0.854. The standard InChI is InChI=1S/C19H18O3/c20-11-10-14-4-6-15(7-5-14)13-22-17-8-9-18-16(12-17)2-1-3-19(18)21/h4-12,20H,1-3,13H2/b11-10+. The maximum Gasteiger partial charge on any atom is 0.163 e. The Bertz CT molecular complexity index is 699. The average molecular weight is 294 g/mol. The second-order valence-electron chi connectivity index (χ2n) is 5.44. The molecule has 0 bridgehead atoms. The van der Waals surface area contributed by atoms with Gasteiger partial charge in [-0.1, -0.05) is 24.3 Å². The minimum Gasteiger partial charge on any atom is -0.516 e. The Morgan fingerprint density at radius 1 is 1.09 bits per heavy atom. The number of ether oxygens (including phenoxy) is 1. The molecule has 0 fully saturated rings. The Hall–Kier alpha value is -2.55. The fourth-order valence-electron chi connectivity index (χ4n) is 2.69. The molecule has 2 aromatic rings. The van der Waals surface area contributed by atoms with Crippen molar-refractivity contribution in [3.05, 3.63) is 71.0 Å². The van der Waals surface area contributed by atoms with Crippen LogP contribution in [0.5, 0.6) is 5.75 Å². The fraction of sp³-hybridized carbons (Fsp3) is 0.211. The highest BCUT2D eigenvalue weighted by Crippen LogP contribution is 2.25. The van der Waals surface area contributed by atoms with Gasteiger partial charge in [-0.05, 0) is 53.8 Å². The number of hydrogen-bond acceptors (Lipinski definition) is 3. The summed E-state index contributed by atoms with van der Waals surface area (Å²) in [6.07, 6.45) is 5.18. The van der Waals surface area contributed by atoms with Crippen LogP contribution in [-0.2, 0) is 13.0 Å². The highest BCUT2D eigenvalue weighted by molar-refractivity contribution is 5.98. The van der Waals surface area contributed by atoms with Crippen molar-refractivity contribution in [1.82, 2.24) is 0 Å². The Morgan fingerprint density at radius 2 is 1.91 bits per heavy atom. The summed E-state index contributed by atoms with van der Waals surface area (Å²) in [5, 5.41) is 8.73. The number of carbonyl (C=O) groups excluding carboxylic acids is 1. The van der Waals surface area contributed by atoms with E-state index in [0.717, 1.165) is 47.1 Å². The fourth-order valence-corrected chi connectivity index (χ4v) is 2.69. The number of fused-ring (bicyclic) bond motifs is 1. The van der Waals surface area contributed by atoms with Crippen LogP contribution in [0.3, 0.4) is 0 Å². The molecule has 0 amide bonds. The summed E-state index contributed by atoms with van der Waals surface area (Å²) >= 11 is 0. The topological polar surface area (TPSA) is 46.5 Å². The lowest BCUT2D eigenvalue weighted by Gasteiger charge is -2.16. The molecule has 2 aromatic carbocycles. The molecule has 0 radical (unpaired) electrons. The van der Waals surface area contributed by atoms with Crippen molar-refractivity contribution in [2.45, 2.75) is 25.9 Å². The van der Waals surface area contributed by atoms with Crippen molar-refractivity contribution in [2.24, 2.45) is 0 Å². The molecule has 0 aliphatic heterocycles. The number of carbonyl (C=O) groups is 1. The van der Waals surface area contributed by atoms with Gasteiger partial charge in [-0.2, -0.15) is 0 Å². The molecule has 0 saturated carbocycles. The zero-order valence-corrected chi connectivity index (χ0v) is 12.3. The SMILES string of the molecule is O=C1CCCc2cc(OCc3ccc(/C=C/O)cc3)ccc21. The molecule has 1 aliphatic carbocycles. The van der Waals surface area contributed by atoms with Gasteiger partial charge in [0.15, 0.2) is 5.78 Å². The third kappa shape index (κ3) is 3.19. The molecular weight excluding hydrogens is 276 g/mol. The number of aliphatic hydroxyl groups excluding tert-OH is 1. The first kappa shape index (κ1) is 14.4. The number of Topliss-reactive ketones (excluding diaryl/α,β-unsaturated/α-hetero) is 1. The maximum absolute atomic E-state index is 11.8. The highest BCUT2D eigenvalue weighted by atomic mass is 16.5. The number of ketones is 1. The molecule has 0 heterocycles. The van der Waals surface area contributed by atoms with E-state index >= 15 is 0 Å². The number of rotatable bonds is 4. The first-order valence-corrected chi connectivity index (χ1v) is 7.45. The predicted octanol–water partition coefficient (Wildman–Crippen LogP) is 4.31. The minimum atomic E-state index is 0.236. The van der Waals surface area contributed by atoms with Crippen LogP contribution in [-0.4, -0.2) is 10.9 Å². The van der Waals surface area contributed by atoms with E-state index in [4.69, 9.17) is 9.84 Å². The molecule has 0 saturated heterocycles. The van der Waals surface area contributed by atoms with Crippen molar-refractivity contribution in [1.29, 1.82) is 0 Å². The normalized spacial score (nSPS) is 14.1. The Kier molecular flexibility index (Phi) is 4.24. The first-order valence-electron chi connectivity index (χ1n) is 7.45. The third-order valence-corrected chi connectivity index (χ3v) is 3.88. The summed E-state index contributed by atoms with van der Waals surface area (Å²) in [5.74, 6) is 1.04. The molecule has 1 aliphatic rings. The van der Waals surface area contributed by atoms with Gasteiger partial charge in [-0.15, -0.1) is 0 Å². The molecule has 1 N–H and O–H groups in total. The molecule has 3 rings (SSSR count). The van der Waals surface area contributed by atoms with Crippen molar-refractivity contribution < 1.29 is 14.6 Å². The van der Waals surface area contributed by atoms with Gasteiger partial charge < -0.3 is 9.84 Å². The Labute approximate surface area is 129 Å². The molecule has 0 aromatic heterocycles. The van der Waals surface area contributed by atoms with Gasteiger partial charge in [-0.25, -0.2) is 0 Å². The van der Waals surface area contributed by atoms with Crippen molar-refractivity contribution >= 4 is 11.9 Å². The molecule has 0 unspecified atom stereocenters. The van der Waals surface area contributed by atoms with Gasteiger partial charge >= 0.3 is 0 Å². The van der Waals surface area contributed by atoms with Crippen LogP contribution in [0, 0.1) is 0 Å². The number of aliphatic hydroxyl groups is 1. The number of hydrogen-bond donors (Lipinski definition) is 1. The number of benzene rings is 2. The summed E-state index contributed by atoms with van der Waals surface area (Å²) in [4.78, 5) is 11.8. The average Bonchev–Trinajstić information content (AvgIpc) is 2.55. The van der Waals surface area contributed by atoms with Crippen LogP contribution in [0.15, 0.2) is 48.7 Å². The molecule has 3 nitrogen and oxygen atoms in total. The van der Waals surface area contributed by atoms with Crippen molar-refractivity contribution in [3.63, 3.8) is 0 Å². The van der Waals surface area contributed by atoms with Gasteiger partial charge in [0.2, 0.25) is 0 Å². The second-order valence-corrected chi connectivity index (χ2v) is 5.44. The molecular formula is C19H18O3. The van der Waals surface area contributed by atoms with Crippen molar-refractivity contribution in [2.75, 3.05) is 0 Å². The van der Waals surface area contributed by atoms with E-state index in [-0.39, 0.29) is 5.78 Å². The van der Waals surface area contributed by atoms with E-state index in [1.165, 1.54) is 0 Å². The number of aryl methyl sites for hydroxylation is 1. The second kappa shape index (κ2) is 6.48. The van der Waals surface area contributed by atoms with E-state index in [0.29, 0.717) is 13.0 Å². The lowest BCUT2D eigenvalue weighted by atomic mass is 9.90. The molecule has 112 valence electrons. The van der Waals surface area contributed by atoms with Crippen LogP contribution < -0.4 is 4.74 Å². The van der Waals surface area contributed by atoms with Crippen LogP contribution in [0.4, 0.5) is 0 Å². The highest BCUT2D eigenvalue weighted by Gasteiger charge is 2.17. The largest absolute Gasteiger partial charge is 0.516 e. The van der Waals surface area contributed by atoms with E-state index < -0.39 is 0 Å². The maximum atomic E-state index is 11.8. The smallest absolute Gasteiger partial charge is 0.163 e. The minimum absolute atomic E-state index is 0.236. The summed E-state index contributed by atoms with van der Waals surface area (Å²) in [5.41, 5.74) is 3.94. The molecule has 22 heavy (non-hydrogen) atoms. The van der Waals surface area contributed by atoms with E-state index in [1.54, 1.807) is 6.08 Å². The van der Waals surface area contributed by atoms with Crippen molar-refractivity contribution in [3.8, 4) is 5.75 Å². The third-order valence-electron chi connectivity index (χ3n) is 3.88. The van der Waals surface area contributed by atoms with Gasteiger partial charge in [-0.3, -0.25) is 4.79 Å². The van der Waals surface area contributed by atoms with Crippen LogP contribution >= 0.6 is 0 Å². The zero-order valence-electron chi connectivity index (χ0n) is 12.3. The zero-order chi connectivity index (χ0) is 15.4. The lowest BCUT2D eigenvalue weighted by molar-refractivity contribution is 0.0972. The molecule has 0 spiro atoms. The Balaban J connectivity index is 1.67. The van der Waals surface area contributed by atoms with Gasteiger partial charge in [0.1, 0.15) is 12.4 Å². The van der Waals surface area contributed by atoms with Gasteiger partial charge in [0.05, 0.1) is 6.26 Å². The Morgan fingerprint density at radius 3 is 2.68 bits per heavy atom. The van der Waals surface area contributed by atoms with Crippen LogP contribution in [0.2, 0.25) is 0 Å². The summed E-state index contributed by atoms with van der Waals surface area (Å²) in [7, 11) is 0. The molecule has 3 heteroatoms. The summed E-state index contributed by atoms with van der Waals surface area (Å²) in [6.45, 7) is 0.482. The van der Waals surface area contributed by atoms with Crippen LogP contribution in [0.1, 0.15) is 39.9 Å². The van der Waals surface area contributed by atoms with E-state index in [1.807, 2.05) is 42.5 Å².